The SMILES string of the molecule is CCC/C(C)=N/OC1CCOCC1. The zero-order valence-corrected chi connectivity index (χ0v) is 8.58. The van der Waals surface area contributed by atoms with Gasteiger partial charge in [0.15, 0.2) is 0 Å². The minimum atomic E-state index is 0.278. The lowest BCUT2D eigenvalue weighted by molar-refractivity contribution is -0.0302. The van der Waals surface area contributed by atoms with E-state index in [-0.39, 0.29) is 6.10 Å². The van der Waals surface area contributed by atoms with Gasteiger partial charge in [-0.15, -0.1) is 0 Å². The van der Waals surface area contributed by atoms with Crippen molar-refractivity contribution in [2.75, 3.05) is 13.2 Å². The molecule has 0 aliphatic carbocycles. The second-order valence-corrected chi connectivity index (χ2v) is 3.49. The van der Waals surface area contributed by atoms with Crippen LogP contribution in [-0.4, -0.2) is 25.0 Å². The molecule has 0 atom stereocenters. The second-order valence-electron chi connectivity index (χ2n) is 3.49. The van der Waals surface area contributed by atoms with Crippen molar-refractivity contribution in [1.29, 1.82) is 0 Å². The number of ether oxygens (including phenoxy) is 1. The van der Waals surface area contributed by atoms with Gasteiger partial charge in [-0.3, -0.25) is 0 Å². The van der Waals surface area contributed by atoms with E-state index < -0.39 is 0 Å². The molecule has 76 valence electrons. The molecule has 0 radical (unpaired) electrons. The van der Waals surface area contributed by atoms with Gasteiger partial charge in [0.1, 0.15) is 6.10 Å². The van der Waals surface area contributed by atoms with Crippen LogP contribution in [0.15, 0.2) is 5.16 Å². The molecule has 0 aromatic rings. The second kappa shape index (κ2) is 5.97. The summed E-state index contributed by atoms with van der Waals surface area (Å²) in [7, 11) is 0. The van der Waals surface area contributed by atoms with E-state index in [0.29, 0.717) is 0 Å². The molecule has 0 spiro atoms. The molecule has 0 aromatic carbocycles. The fraction of sp³-hybridized carbons (Fsp3) is 0.900. The lowest BCUT2D eigenvalue weighted by Gasteiger charge is -2.20. The molecular formula is C10H19NO2. The molecule has 0 bridgehead atoms. The normalized spacial score (nSPS) is 20.3. The molecule has 1 aliphatic heterocycles. The Hall–Kier alpha value is -0.570. The Bertz CT molecular complexity index is 162. The fourth-order valence-corrected chi connectivity index (χ4v) is 1.35. The predicted molar refractivity (Wildman–Crippen MR) is 52.9 cm³/mol. The first kappa shape index (κ1) is 10.5. The Morgan fingerprint density at radius 1 is 1.46 bits per heavy atom. The highest BCUT2D eigenvalue weighted by molar-refractivity contribution is 5.81. The van der Waals surface area contributed by atoms with Crippen LogP contribution >= 0.6 is 0 Å². The van der Waals surface area contributed by atoms with Crippen LogP contribution in [-0.2, 0) is 9.57 Å². The highest BCUT2D eigenvalue weighted by Crippen LogP contribution is 2.11. The van der Waals surface area contributed by atoms with E-state index in [1.54, 1.807) is 0 Å². The lowest BCUT2D eigenvalue weighted by Crippen LogP contribution is -2.22. The van der Waals surface area contributed by atoms with Gasteiger partial charge in [0.25, 0.3) is 0 Å². The molecule has 1 aliphatic rings. The van der Waals surface area contributed by atoms with Crippen molar-refractivity contribution in [3.8, 4) is 0 Å². The number of oxime groups is 1. The minimum Gasteiger partial charge on any atom is -0.392 e. The number of rotatable bonds is 4. The quantitative estimate of drug-likeness (QED) is 0.497. The highest BCUT2D eigenvalue weighted by atomic mass is 16.6. The van der Waals surface area contributed by atoms with Crippen molar-refractivity contribution in [3.63, 3.8) is 0 Å². The Labute approximate surface area is 80.1 Å². The van der Waals surface area contributed by atoms with Crippen molar-refractivity contribution in [2.24, 2.45) is 5.16 Å². The monoisotopic (exact) mass is 185 g/mol. The van der Waals surface area contributed by atoms with Crippen LogP contribution in [0.4, 0.5) is 0 Å². The largest absolute Gasteiger partial charge is 0.392 e. The maximum atomic E-state index is 5.41. The maximum Gasteiger partial charge on any atom is 0.131 e. The van der Waals surface area contributed by atoms with E-state index in [1.807, 2.05) is 6.92 Å². The van der Waals surface area contributed by atoms with Crippen LogP contribution < -0.4 is 0 Å². The van der Waals surface area contributed by atoms with Gasteiger partial charge >= 0.3 is 0 Å². The Morgan fingerprint density at radius 2 is 2.15 bits per heavy atom. The van der Waals surface area contributed by atoms with Crippen LogP contribution in [0.3, 0.4) is 0 Å². The average molecular weight is 185 g/mol. The summed E-state index contributed by atoms with van der Waals surface area (Å²) in [6.07, 6.45) is 4.39. The molecule has 0 saturated carbocycles. The topological polar surface area (TPSA) is 30.8 Å². The molecule has 0 amide bonds. The van der Waals surface area contributed by atoms with Gasteiger partial charge in [0.05, 0.1) is 18.9 Å². The van der Waals surface area contributed by atoms with Gasteiger partial charge in [0, 0.05) is 12.8 Å². The predicted octanol–water partition coefficient (Wildman–Crippen LogP) is 2.36. The van der Waals surface area contributed by atoms with E-state index in [1.165, 1.54) is 0 Å². The summed E-state index contributed by atoms with van der Waals surface area (Å²) >= 11 is 0. The third kappa shape index (κ3) is 4.27. The van der Waals surface area contributed by atoms with Gasteiger partial charge < -0.3 is 9.57 Å². The lowest BCUT2D eigenvalue weighted by atomic mass is 10.2. The molecule has 3 heteroatoms. The summed E-state index contributed by atoms with van der Waals surface area (Å²) in [5.41, 5.74) is 1.09. The summed E-state index contributed by atoms with van der Waals surface area (Å²) in [5, 5.41) is 4.10. The van der Waals surface area contributed by atoms with Crippen LogP contribution in [0, 0.1) is 0 Å². The van der Waals surface area contributed by atoms with Crippen molar-refractivity contribution in [3.05, 3.63) is 0 Å². The Morgan fingerprint density at radius 3 is 2.77 bits per heavy atom. The molecule has 1 heterocycles. The van der Waals surface area contributed by atoms with Crippen LogP contribution in [0.5, 0.6) is 0 Å². The van der Waals surface area contributed by atoms with Crippen molar-refractivity contribution in [1.82, 2.24) is 0 Å². The first-order valence-electron chi connectivity index (χ1n) is 5.10. The number of nitrogens with zero attached hydrogens (tertiary/aromatic N) is 1. The minimum absolute atomic E-state index is 0.278. The first-order chi connectivity index (χ1) is 6.33. The van der Waals surface area contributed by atoms with Crippen LogP contribution in [0.25, 0.3) is 0 Å². The third-order valence-corrected chi connectivity index (χ3v) is 2.14. The van der Waals surface area contributed by atoms with E-state index in [2.05, 4.69) is 12.1 Å². The van der Waals surface area contributed by atoms with Gasteiger partial charge in [-0.2, -0.15) is 0 Å². The Balaban J connectivity index is 2.19. The first-order valence-corrected chi connectivity index (χ1v) is 5.10. The molecule has 13 heavy (non-hydrogen) atoms. The summed E-state index contributed by atoms with van der Waals surface area (Å²) in [4.78, 5) is 5.41. The molecular weight excluding hydrogens is 166 g/mol. The summed E-state index contributed by atoms with van der Waals surface area (Å²) in [5.74, 6) is 0. The van der Waals surface area contributed by atoms with Gasteiger partial charge in [-0.05, 0) is 13.3 Å². The molecule has 1 rings (SSSR count). The molecule has 1 fully saturated rings. The standard InChI is InChI=1S/C10H19NO2/c1-3-4-9(2)11-13-10-5-7-12-8-6-10/h10H,3-8H2,1-2H3/b11-9+. The van der Waals surface area contributed by atoms with E-state index in [9.17, 15) is 0 Å². The molecule has 0 aromatic heterocycles. The molecule has 0 N–H and O–H groups in total. The molecule has 1 saturated heterocycles. The number of hydrogen-bond donors (Lipinski definition) is 0. The summed E-state index contributed by atoms with van der Waals surface area (Å²) in [6, 6.07) is 0. The zero-order chi connectivity index (χ0) is 9.52. The van der Waals surface area contributed by atoms with E-state index in [0.717, 1.165) is 44.6 Å². The van der Waals surface area contributed by atoms with E-state index >= 15 is 0 Å². The Kier molecular flexibility index (Phi) is 4.83. The highest BCUT2D eigenvalue weighted by Gasteiger charge is 2.14. The van der Waals surface area contributed by atoms with Crippen molar-refractivity contribution >= 4 is 5.71 Å². The van der Waals surface area contributed by atoms with Crippen molar-refractivity contribution in [2.45, 2.75) is 45.6 Å². The van der Waals surface area contributed by atoms with Crippen LogP contribution in [0.1, 0.15) is 39.5 Å². The average Bonchev–Trinajstić information content (AvgIpc) is 2.17. The third-order valence-electron chi connectivity index (χ3n) is 2.14. The summed E-state index contributed by atoms with van der Waals surface area (Å²) < 4.78 is 5.23. The van der Waals surface area contributed by atoms with Gasteiger partial charge in [-0.25, -0.2) is 0 Å². The van der Waals surface area contributed by atoms with Gasteiger partial charge in [-0.1, -0.05) is 18.5 Å². The summed E-state index contributed by atoms with van der Waals surface area (Å²) in [6.45, 7) is 5.79. The molecule has 0 unspecified atom stereocenters. The smallest absolute Gasteiger partial charge is 0.131 e. The van der Waals surface area contributed by atoms with Crippen LogP contribution in [0.2, 0.25) is 0 Å². The fourth-order valence-electron chi connectivity index (χ4n) is 1.35. The molecule has 3 nitrogen and oxygen atoms in total. The van der Waals surface area contributed by atoms with Crippen molar-refractivity contribution < 1.29 is 9.57 Å². The van der Waals surface area contributed by atoms with E-state index in [4.69, 9.17) is 9.57 Å². The van der Waals surface area contributed by atoms with Gasteiger partial charge in [0.2, 0.25) is 0 Å². The number of hydrogen-bond acceptors (Lipinski definition) is 3. The maximum absolute atomic E-state index is 5.41. The zero-order valence-electron chi connectivity index (χ0n) is 8.58.